The maximum atomic E-state index is 12.2. The number of cyclic esters (lactones) is 1. The van der Waals surface area contributed by atoms with Gasteiger partial charge in [0.1, 0.15) is 12.6 Å². The Morgan fingerprint density at radius 2 is 2.16 bits per heavy atom. The van der Waals surface area contributed by atoms with E-state index in [2.05, 4.69) is 0 Å². The van der Waals surface area contributed by atoms with Crippen LogP contribution in [0.3, 0.4) is 0 Å². The Bertz CT molecular complexity index is 460. The Morgan fingerprint density at radius 1 is 1.47 bits per heavy atom. The van der Waals surface area contributed by atoms with Gasteiger partial charge < -0.3 is 9.84 Å². The molecular formula is C14H17NO4. The first-order chi connectivity index (χ1) is 9.19. The molecule has 0 spiro atoms. The highest BCUT2D eigenvalue weighted by molar-refractivity contribution is 5.89. The number of aliphatic hydroxyl groups is 1. The average molecular weight is 263 g/mol. The fraction of sp³-hybridized carbons (Fsp3) is 0.429. The van der Waals surface area contributed by atoms with E-state index in [9.17, 15) is 14.7 Å². The molecule has 1 saturated heterocycles. The summed E-state index contributed by atoms with van der Waals surface area (Å²) in [5.41, 5.74) is 0.742. The van der Waals surface area contributed by atoms with Crippen molar-refractivity contribution in [2.75, 3.05) is 13.2 Å². The zero-order chi connectivity index (χ0) is 13.8. The molecule has 19 heavy (non-hydrogen) atoms. The van der Waals surface area contributed by atoms with Crippen LogP contribution in [0.4, 0.5) is 4.79 Å². The van der Waals surface area contributed by atoms with Crippen molar-refractivity contribution in [2.24, 2.45) is 0 Å². The molecule has 2 atom stereocenters. The summed E-state index contributed by atoms with van der Waals surface area (Å²) >= 11 is 0. The number of hydrogen-bond donors (Lipinski definition) is 1. The molecule has 1 aliphatic heterocycles. The highest BCUT2D eigenvalue weighted by atomic mass is 16.6. The van der Waals surface area contributed by atoms with Crippen LogP contribution in [-0.2, 0) is 9.53 Å². The monoisotopic (exact) mass is 263 g/mol. The standard InChI is InChI=1S/C14H17NO4/c1-2-12(17)13(10-6-4-3-5-7-10)15-11(8-16)9-19-14(15)18/h3-7,11,13,16H,2,8-9H2,1H3/t11-,13-/m1/s1. The molecule has 1 N–H and O–H groups in total. The number of ketones is 1. The van der Waals surface area contributed by atoms with Gasteiger partial charge in [-0.05, 0) is 5.56 Å². The first-order valence-corrected chi connectivity index (χ1v) is 6.32. The third kappa shape index (κ3) is 2.61. The molecule has 1 aliphatic rings. The van der Waals surface area contributed by atoms with Crippen molar-refractivity contribution < 1.29 is 19.4 Å². The van der Waals surface area contributed by atoms with E-state index in [0.717, 1.165) is 5.56 Å². The zero-order valence-electron chi connectivity index (χ0n) is 10.8. The van der Waals surface area contributed by atoms with Crippen LogP contribution in [0.25, 0.3) is 0 Å². The lowest BCUT2D eigenvalue weighted by Gasteiger charge is -2.28. The SMILES string of the molecule is CCC(=O)[C@@H](c1ccccc1)N1C(=O)OC[C@H]1CO. The van der Waals surface area contributed by atoms with Crippen LogP contribution < -0.4 is 0 Å². The number of Topliss-reactive ketones (excluding diaryl/α,β-unsaturated/α-hetero) is 1. The van der Waals surface area contributed by atoms with E-state index in [0.29, 0.717) is 6.42 Å². The van der Waals surface area contributed by atoms with Crippen molar-refractivity contribution in [3.8, 4) is 0 Å². The molecule has 5 heteroatoms. The van der Waals surface area contributed by atoms with Crippen LogP contribution >= 0.6 is 0 Å². The number of nitrogens with zero attached hydrogens (tertiary/aromatic N) is 1. The van der Waals surface area contributed by atoms with Gasteiger partial charge in [0, 0.05) is 6.42 Å². The minimum absolute atomic E-state index is 0.0662. The van der Waals surface area contributed by atoms with Crippen LogP contribution in [0.1, 0.15) is 24.9 Å². The molecule has 0 aromatic heterocycles. The Labute approximate surface area is 111 Å². The number of carbonyl (C=O) groups is 2. The fourth-order valence-corrected chi connectivity index (χ4v) is 2.26. The van der Waals surface area contributed by atoms with Gasteiger partial charge in [-0.2, -0.15) is 0 Å². The van der Waals surface area contributed by atoms with E-state index in [1.807, 2.05) is 18.2 Å². The number of carbonyl (C=O) groups excluding carboxylic acids is 2. The van der Waals surface area contributed by atoms with Crippen molar-refractivity contribution in [3.63, 3.8) is 0 Å². The van der Waals surface area contributed by atoms with Gasteiger partial charge in [-0.3, -0.25) is 9.69 Å². The lowest BCUT2D eigenvalue weighted by Crippen LogP contribution is -2.42. The summed E-state index contributed by atoms with van der Waals surface area (Å²) in [5.74, 6) is -0.0662. The van der Waals surface area contributed by atoms with Crippen LogP contribution in [0.15, 0.2) is 30.3 Å². The van der Waals surface area contributed by atoms with Gasteiger partial charge in [-0.1, -0.05) is 37.3 Å². The molecule has 1 heterocycles. The first-order valence-electron chi connectivity index (χ1n) is 6.32. The predicted octanol–water partition coefficient (Wildman–Crippen LogP) is 1.52. The minimum Gasteiger partial charge on any atom is -0.447 e. The normalized spacial score (nSPS) is 20.2. The van der Waals surface area contributed by atoms with E-state index < -0.39 is 18.2 Å². The van der Waals surface area contributed by atoms with E-state index in [1.54, 1.807) is 19.1 Å². The second-order valence-electron chi connectivity index (χ2n) is 4.45. The van der Waals surface area contributed by atoms with Gasteiger partial charge in [0.2, 0.25) is 0 Å². The maximum absolute atomic E-state index is 12.2. The van der Waals surface area contributed by atoms with Crippen molar-refractivity contribution in [1.29, 1.82) is 0 Å². The van der Waals surface area contributed by atoms with Crippen LogP contribution in [0.2, 0.25) is 0 Å². The van der Waals surface area contributed by atoms with Crippen molar-refractivity contribution in [3.05, 3.63) is 35.9 Å². The van der Waals surface area contributed by atoms with Crippen molar-refractivity contribution >= 4 is 11.9 Å². The first kappa shape index (κ1) is 13.5. The molecule has 1 aromatic carbocycles. The van der Waals surface area contributed by atoms with Crippen LogP contribution in [0, 0.1) is 0 Å². The Morgan fingerprint density at radius 3 is 2.74 bits per heavy atom. The summed E-state index contributed by atoms with van der Waals surface area (Å²) in [7, 11) is 0. The third-order valence-electron chi connectivity index (χ3n) is 3.26. The van der Waals surface area contributed by atoms with E-state index in [4.69, 9.17) is 4.74 Å². The molecule has 0 saturated carbocycles. The maximum Gasteiger partial charge on any atom is 0.411 e. The molecular weight excluding hydrogens is 246 g/mol. The molecule has 0 radical (unpaired) electrons. The highest BCUT2D eigenvalue weighted by Crippen LogP contribution is 2.29. The minimum atomic E-state index is -0.682. The van der Waals surface area contributed by atoms with Gasteiger partial charge in [0.25, 0.3) is 0 Å². The smallest absolute Gasteiger partial charge is 0.411 e. The molecule has 102 valence electrons. The van der Waals surface area contributed by atoms with E-state index >= 15 is 0 Å². The summed E-state index contributed by atoms with van der Waals surface area (Å²) in [6.45, 7) is 1.66. The summed E-state index contributed by atoms with van der Waals surface area (Å²) in [4.78, 5) is 25.3. The van der Waals surface area contributed by atoms with Crippen LogP contribution in [0.5, 0.6) is 0 Å². The predicted molar refractivity (Wildman–Crippen MR) is 68.5 cm³/mol. The van der Waals surface area contributed by atoms with E-state index in [1.165, 1.54) is 4.90 Å². The average Bonchev–Trinajstić information content (AvgIpc) is 2.81. The fourth-order valence-electron chi connectivity index (χ4n) is 2.26. The van der Waals surface area contributed by atoms with E-state index in [-0.39, 0.29) is 19.0 Å². The summed E-state index contributed by atoms with van der Waals surface area (Å²) in [5, 5.41) is 9.32. The van der Waals surface area contributed by atoms with Gasteiger partial charge in [-0.15, -0.1) is 0 Å². The topological polar surface area (TPSA) is 66.8 Å². The number of hydrogen-bond acceptors (Lipinski definition) is 4. The number of benzene rings is 1. The second kappa shape index (κ2) is 5.84. The van der Waals surface area contributed by atoms with Gasteiger partial charge in [0.05, 0.1) is 12.6 Å². The molecule has 2 rings (SSSR count). The molecule has 1 aromatic rings. The Kier molecular flexibility index (Phi) is 4.16. The van der Waals surface area contributed by atoms with Crippen LogP contribution in [-0.4, -0.2) is 41.1 Å². The van der Waals surface area contributed by atoms with Crippen molar-refractivity contribution in [2.45, 2.75) is 25.4 Å². The number of aliphatic hydroxyl groups excluding tert-OH is 1. The summed E-state index contributed by atoms with van der Waals surface area (Å²) in [6.07, 6.45) is -0.226. The van der Waals surface area contributed by atoms with Gasteiger partial charge in [-0.25, -0.2) is 4.79 Å². The van der Waals surface area contributed by atoms with Gasteiger partial charge >= 0.3 is 6.09 Å². The lowest BCUT2D eigenvalue weighted by molar-refractivity contribution is -0.123. The van der Waals surface area contributed by atoms with Crippen molar-refractivity contribution in [1.82, 2.24) is 4.90 Å². The molecule has 0 aliphatic carbocycles. The Balaban J connectivity index is 2.38. The second-order valence-corrected chi connectivity index (χ2v) is 4.45. The molecule has 0 unspecified atom stereocenters. The third-order valence-corrected chi connectivity index (χ3v) is 3.26. The summed E-state index contributed by atoms with van der Waals surface area (Å²) < 4.78 is 4.94. The molecule has 1 fully saturated rings. The molecule has 0 bridgehead atoms. The number of amides is 1. The highest BCUT2D eigenvalue weighted by Gasteiger charge is 2.41. The summed E-state index contributed by atoms with van der Waals surface area (Å²) in [6, 6.07) is 7.95. The largest absolute Gasteiger partial charge is 0.447 e. The Hall–Kier alpha value is -1.88. The number of ether oxygens (including phenoxy) is 1. The lowest BCUT2D eigenvalue weighted by atomic mass is 9.98. The molecule has 5 nitrogen and oxygen atoms in total. The quantitative estimate of drug-likeness (QED) is 0.874. The number of rotatable bonds is 5. The zero-order valence-corrected chi connectivity index (χ0v) is 10.8. The van der Waals surface area contributed by atoms with Gasteiger partial charge in [0.15, 0.2) is 5.78 Å². The molecule has 1 amide bonds.